The summed E-state index contributed by atoms with van der Waals surface area (Å²) in [6.07, 6.45) is 4.28. The van der Waals surface area contributed by atoms with E-state index < -0.39 is 0 Å². The zero-order valence-electron chi connectivity index (χ0n) is 10.8. The highest BCUT2D eigenvalue weighted by atomic mass is 79.9. The molecule has 0 aliphatic heterocycles. The van der Waals surface area contributed by atoms with E-state index in [1.807, 2.05) is 23.5 Å². The Bertz CT molecular complexity index is 632. The van der Waals surface area contributed by atoms with E-state index >= 15 is 0 Å². The van der Waals surface area contributed by atoms with Gasteiger partial charge in [0.1, 0.15) is 0 Å². The lowest BCUT2D eigenvalue weighted by atomic mass is 10.1. The Morgan fingerprint density at radius 3 is 2.90 bits per heavy atom. The van der Waals surface area contributed by atoms with Crippen LogP contribution in [-0.4, -0.2) is 4.92 Å². The van der Waals surface area contributed by atoms with Gasteiger partial charge >= 0.3 is 0 Å². The molecule has 3 rings (SSSR count). The number of rotatable bonds is 4. The Kier molecular flexibility index (Phi) is 3.89. The molecule has 104 valence electrons. The molecule has 1 aromatic heterocycles. The Morgan fingerprint density at radius 1 is 1.35 bits per heavy atom. The van der Waals surface area contributed by atoms with E-state index in [1.54, 1.807) is 12.1 Å². The molecule has 20 heavy (non-hydrogen) atoms. The fourth-order valence-electron chi connectivity index (χ4n) is 2.66. The van der Waals surface area contributed by atoms with Gasteiger partial charge < -0.3 is 0 Å². The van der Waals surface area contributed by atoms with Gasteiger partial charge in [-0.05, 0) is 37.3 Å². The van der Waals surface area contributed by atoms with Crippen LogP contribution in [0.15, 0.2) is 30.3 Å². The minimum Gasteiger partial charge on any atom is -0.258 e. The molecule has 0 bridgehead atoms. The highest BCUT2D eigenvalue weighted by Crippen LogP contribution is 2.39. The molecule has 5 heteroatoms. The molecular weight excluding hydrogens is 338 g/mol. The predicted molar refractivity (Wildman–Crippen MR) is 84.8 cm³/mol. The summed E-state index contributed by atoms with van der Waals surface area (Å²) in [7, 11) is 0. The summed E-state index contributed by atoms with van der Waals surface area (Å²) in [4.78, 5) is 13.7. The van der Waals surface area contributed by atoms with Crippen molar-refractivity contribution in [1.29, 1.82) is 0 Å². The molecule has 1 atom stereocenters. The molecule has 0 saturated carbocycles. The third-order valence-electron chi connectivity index (χ3n) is 3.66. The van der Waals surface area contributed by atoms with Crippen molar-refractivity contribution in [2.24, 2.45) is 0 Å². The molecule has 0 radical (unpaired) electrons. The maximum atomic E-state index is 11.0. The summed E-state index contributed by atoms with van der Waals surface area (Å²) in [5.41, 5.74) is 2.46. The van der Waals surface area contributed by atoms with Gasteiger partial charge in [-0.15, -0.1) is 11.3 Å². The van der Waals surface area contributed by atoms with Crippen LogP contribution in [0.4, 0.5) is 5.69 Å². The van der Waals surface area contributed by atoms with Crippen LogP contribution in [0.25, 0.3) is 0 Å². The molecule has 1 aliphatic carbocycles. The fraction of sp³-hybridized carbons (Fsp3) is 0.333. The van der Waals surface area contributed by atoms with Gasteiger partial charge in [0.25, 0.3) is 5.69 Å². The van der Waals surface area contributed by atoms with Gasteiger partial charge in [-0.2, -0.15) is 0 Å². The van der Waals surface area contributed by atoms with E-state index in [-0.39, 0.29) is 15.4 Å². The number of nitrogens with zero attached hydrogens (tertiary/aromatic N) is 1. The van der Waals surface area contributed by atoms with Crippen LogP contribution >= 0.6 is 27.3 Å². The van der Waals surface area contributed by atoms with Crippen molar-refractivity contribution in [1.82, 2.24) is 0 Å². The quantitative estimate of drug-likeness (QED) is 0.450. The van der Waals surface area contributed by atoms with Crippen molar-refractivity contribution >= 4 is 33.0 Å². The first kappa shape index (κ1) is 13.8. The molecular formula is C15H14BrNO2S. The van der Waals surface area contributed by atoms with Crippen molar-refractivity contribution in [3.05, 3.63) is 61.3 Å². The number of nitro groups is 1. The zero-order valence-corrected chi connectivity index (χ0v) is 13.2. The fourth-order valence-corrected chi connectivity index (χ4v) is 4.66. The van der Waals surface area contributed by atoms with Gasteiger partial charge in [0.2, 0.25) is 0 Å². The van der Waals surface area contributed by atoms with E-state index in [0.29, 0.717) is 6.42 Å². The normalized spacial score (nSPS) is 15.1. The summed E-state index contributed by atoms with van der Waals surface area (Å²) < 4.78 is 0. The number of hydrogen-bond donors (Lipinski definition) is 0. The minimum absolute atomic E-state index is 0.152. The topological polar surface area (TPSA) is 43.1 Å². The van der Waals surface area contributed by atoms with E-state index in [0.717, 1.165) is 5.56 Å². The predicted octanol–water partition coefficient (Wildman–Crippen LogP) is 4.82. The van der Waals surface area contributed by atoms with Gasteiger partial charge in [0.05, 0.1) is 9.75 Å². The molecule has 0 spiro atoms. The molecule has 0 amide bonds. The van der Waals surface area contributed by atoms with Gasteiger partial charge in [0.15, 0.2) is 0 Å². The summed E-state index contributed by atoms with van der Waals surface area (Å²) in [5.74, 6) is 0. The van der Waals surface area contributed by atoms with E-state index in [2.05, 4.69) is 22.0 Å². The van der Waals surface area contributed by atoms with Crippen LogP contribution in [0.1, 0.15) is 32.1 Å². The second kappa shape index (κ2) is 5.66. The third kappa shape index (κ3) is 2.65. The van der Waals surface area contributed by atoms with Crippen LogP contribution < -0.4 is 0 Å². The molecule has 1 unspecified atom stereocenters. The first-order valence-corrected chi connectivity index (χ1v) is 8.36. The van der Waals surface area contributed by atoms with Crippen LogP contribution in [0.3, 0.4) is 0 Å². The second-order valence-electron chi connectivity index (χ2n) is 5.01. The van der Waals surface area contributed by atoms with Gasteiger partial charge in [-0.25, -0.2) is 0 Å². The van der Waals surface area contributed by atoms with Gasteiger partial charge in [0, 0.05) is 21.4 Å². The minimum atomic E-state index is -0.302. The Balaban J connectivity index is 1.82. The zero-order chi connectivity index (χ0) is 14.1. The molecule has 1 heterocycles. The summed E-state index contributed by atoms with van der Waals surface area (Å²) in [6.45, 7) is 0. The number of aryl methyl sites for hydroxylation is 2. The first-order chi connectivity index (χ1) is 9.65. The van der Waals surface area contributed by atoms with E-state index in [4.69, 9.17) is 0 Å². The number of fused-ring (bicyclic) bond motifs is 1. The van der Waals surface area contributed by atoms with Crippen molar-refractivity contribution < 1.29 is 4.92 Å². The highest BCUT2D eigenvalue weighted by Gasteiger charge is 2.21. The van der Waals surface area contributed by atoms with Crippen LogP contribution in [0.2, 0.25) is 0 Å². The Morgan fingerprint density at radius 2 is 2.15 bits per heavy atom. The van der Waals surface area contributed by atoms with Crippen molar-refractivity contribution in [3.8, 4) is 0 Å². The van der Waals surface area contributed by atoms with Crippen molar-refractivity contribution in [2.75, 3.05) is 0 Å². The average Bonchev–Trinajstić information content (AvgIpc) is 2.99. The van der Waals surface area contributed by atoms with Crippen molar-refractivity contribution in [3.63, 3.8) is 0 Å². The number of para-hydroxylation sites is 1. The number of thiophene rings is 1. The molecule has 1 aliphatic rings. The first-order valence-electron chi connectivity index (χ1n) is 6.63. The third-order valence-corrected chi connectivity index (χ3v) is 6.13. The largest absolute Gasteiger partial charge is 0.272 e. The summed E-state index contributed by atoms with van der Waals surface area (Å²) >= 11 is 5.54. The van der Waals surface area contributed by atoms with Crippen LogP contribution in [-0.2, 0) is 19.3 Å². The molecule has 2 aromatic rings. The number of halogens is 1. The van der Waals surface area contributed by atoms with Crippen molar-refractivity contribution in [2.45, 2.75) is 30.5 Å². The van der Waals surface area contributed by atoms with Crippen LogP contribution in [0.5, 0.6) is 0 Å². The number of alkyl halides is 1. The Hall–Kier alpha value is -1.20. The second-order valence-corrected chi connectivity index (χ2v) is 7.28. The van der Waals surface area contributed by atoms with Crippen LogP contribution in [0, 0.1) is 10.1 Å². The molecule has 0 saturated heterocycles. The summed E-state index contributed by atoms with van der Waals surface area (Å²) in [5, 5.41) is 11.0. The lowest BCUT2D eigenvalue weighted by Gasteiger charge is -2.08. The molecule has 0 fully saturated rings. The smallest absolute Gasteiger partial charge is 0.258 e. The standard InChI is InChI=1S/C15H14BrNO2S/c16-12(15-9-11-5-3-7-14(11)20-15)8-10-4-1-2-6-13(10)17(18)19/h1-2,4,6,9,12H,3,5,7-8H2. The van der Waals surface area contributed by atoms with E-state index in [9.17, 15) is 10.1 Å². The number of benzene rings is 1. The molecule has 1 aromatic carbocycles. The van der Waals surface area contributed by atoms with Gasteiger partial charge in [-0.3, -0.25) is 10.1 Å². The SMILES string of the molecule is O=[N+]([O-])c1ccccc1CC(Br)c1cc2c(s1)CCC2. The maximum absolute atomic E-state index is 11.0. The monoisotopic (exact) mass is 351 g/mol. The maximum Gasteiger partial charge on any atom is 0.272 e. The van der Waals surface area contributed by atoms with E-state index in [1.165, 1.54) is 34.6 Å². The molecule has 3 nitrogen and oxygen atoms in total. The number of hydrogen-bond acceptors (Lipinski definition) is 3. The number of nitro benzene ring substituents is 1. The summed E-state index contributed by atoms with van der Waals surface area (Å²) in [6, 6.07) is 9.25. The lowest BCUT2D eigenvalue weighted by molar-refractivity contribution is -0.385. The Labute approximate surface area is 129 Å². The average molecular weight is 352 g/mol. The highest BCUT2D eigenvalue weighted by molar-refractivity contribution is 9.09. The lowest BCUT2D eigenvalue weighted by Crippen LogP contribution is -1.98. The molecule has 0 N–H and O–H groups in total. The van der Waals surface area contributed by atoms with Gasteiger partial charge in [-0.1, -0.05) is 34.1 Å².